The zero-order chi connectivity index (χ0) is 25.9. The first kappa shape index (κ1) is 26.3. The normalized spacial score (nSPS) is 22.8. The Morgan fingerprint density at radius 1 is 1.00 bits per heavy atom. The van der Waals surface area contributed by atoms with E-state index in [1.165, 1.54) is 31.2 Å². The fourth-order valence-corrected chi connectivity index (χ4v) is 5.09. The van der Waals surface area contributed by atoms with Crippen LogP contribution in [0.15, 0.2) is 42.5 Å². The van der Waals surface area contributed by atoms with Gasteiger partial charge >= 0.3 is 0 Å². The summed E-state index contributed by atoms with van der Waals surface area (Å²) in [5, 5.41) is 22.9. The van der Waals surface area contributed by atoms with Crippen LogP contribution in [0.4, 0.5) is 14.5 Å². The molecule has 2 saturated heterocycles. The van der Waals surface area contributed by atoms with E-state index in [-0.39, 0.29) is 37.2 Å². The predicted molar refractivity (Wildman–Crippen MR) is 133 cm³/mol. The number of amides is 1. The molecule has 0 unspecified atom stereocenters. The lowest BCUT2D eigenvalue weighted by molar-refractivity contribution is -0.132. The molecule has 2 N–H and O–H groups in total. The van der Waals surface area contributed by atoms with Gasteiger partial charge in [0.25, 0.3) is 0 Å². The van der Waals surface area contributed by atoms with Crippen molar-refractivity contribution >= 4 is 11.6 Å². The Hall–Kier alpha value is -2.75. The second-order valence-electron chi connectivity index (χ2n) is 10.3. The number of β-amino-alcohol motifs (C(OH)–C–C–N with tert-alkyl or cyclic N) is 2. The topological polar surface area (TPSA) is 76.5 Å². The van der Waals surface area contributed by atoms with E-state index in [0.717, 1.165) is 5.69 Å². The zero-order valence-corrected chi connectivity index (χ0v) is 20.9. The Kier molecular flexibility index (Phi) is 7.82. The van der Waals surface area contributed by atoms with Crippen LogP contribution in [0.1, 0.15) is 25.3 Å². The number of hydrogen-bond acceptors (Lipinski definition) is 6. The van der Waals surface area contributed by atoms with Gasteiger partial charge in [-0.1, -0.05) is 6.07 Å². The first-order valence-electron chi connectivity index (χ1n) is 12.4. The van der Waals surface area contributed by atoms with Gasteiger partial charge in [-0.25, -0.2) is 8.78 Å². The summed E-state index contributed by atoms with van der Waals surface area (Å²) in [5.74, 6) is -0.322. The highest BCUT2D eigenvalue weighted by molar-refractivity contribution is 5.73. The van der Waals surface area contributed by atoms with Crippen molar-refractivity contribution in [2.45, 2.75) is 37.9 Å². The summed E-state index contributed by atoms with van der Waals surface area (Å²) in [4.78, 5) is 17.8. The lowest BCUT2D eigenvalue weighted by Gasteiger charge is -2.42. The molecular weight excluding hydrogens is 468 g/mol. The Morgan fingerprint density at radius 2 is 1.75 bits per heavy atom. The monoisotopic (exact) mass is 503 g/mol. The second-order valence-corrected chi connectivity index (χ2v) is 10.3. The molecule has 0 saturated carbocycles. The molecule has 196 valence electrons. The average Bonchev–Trinajstić information content (AvgIpc) is 2.99. The molecule has 36 heavy (non-hydrogen) atoms. The molecule has 2 aliphatic heterocycles. The predicted octanol–water partition coefficient (Wildman–Crippen LogP) is 2.58. The van der Waals surface area contributed by atoms with Crippen LogP contribution in [0.3, 0.4) is 0 Å². The third kappa shape index (κ3) is 6.52. The van der Waals surface area contributed by atoms with Gasteiger partial charge in [0.2, 0.25) is 5.91 Å². The smallest absolute Gasteiger partial charge is 0.219 e. The SMILES string of the molecule is CC(=O)N1CCN(CC2(O)CCN(c3cccc(F)c3)CC2)C[C@](O)(COc2ccc(F)c(C)c2)C1. The number of benzene rings is 2. The summed E-state index contributed by atoms with van der Waals surface area (Å²) in [6.45, 7) is 5.80. The maximum Gasteiger partial charge on any atom is 0.219 e. The number of anilines is 1. The largest absolute Gasteiger partial charge is 0.490 e. The van der Waals surface area contributed by atoms with Crippen molar-refractivity contribution < 1.29 is 28.5 Å². The first-order valence-corrected chi connectivity index (χ1v) is 12.4. The molecule has 0 aliphatic carbocycles. The maximum atomic E-state index is 13.6. The van der Waals surface area contributed by atoms with E-state index in [4.69, 9.17) is 4.74 Å². The molecule has 1 atom stereocenters. The van der Waals surface area contributed by atoms with E-state index in [1.807, 2.05) is 11.0 Å². The number of aliphatic hydroxyl groups is 2. The minimum atomic E-state index is -1.37. The number of halogens is 2. The van der Waals surface area contributed by atoms with Crippen LogP contribution < -0.4 is 9.64 Å². The third-order valence-electron chi connectivity index (χ3n) is 7.16. The van der Waals surface area contributed by atoms with Crippen molar-refractivity contribution in [1.82, 2.24) is 9.80 Å². The van der Waals surface area contributed by atoms with Gasteiger partial charge < -0.3 is 24.7 Å². The third-order valence-corrected chi connectivity index (χ3v) is 7.16. The molecule has 2 heterocycles. The van der Waals surface area contributed by atoms with Crippen molar-refractivity contribution in [3.8, 4) is 5.75 Å². The lowest BCUT2D eigenvalue weighted by atomic mass is 9.90. The quantitative estimate of drug-likeness (QED) is 0.631. The van der Waals surface area contributed by atoms with Crippen molar-refractivity contribution in [1.29, 1.82) is 0 Å². The fraction of sp³-hybridized carbons (Fsp3) is 0.519. The van der Waals surface area contributed by atoms with Gasteiger partial charge in [0, 0.05) is 51.9 Å². The molecule has 2 aromatic carbocycles. The number of carbonyl (C=O) groups is 1. The van der Waals surface area contributed by atoms with E-state index in [1.54, 1.807) is 24.0 Å². The van der Waals surface area contributed by atoms with Crippen LogP contribution >= 0.6 is 0 Å². The van der Waals surface area contributed by atoms with Crippen molar-refractivity contribution in [3.63, 3.8) is 0 Å². The molecule has 7 nitrogen and oxygen atoms in total. The molecule has 0 bridgehead atoms. The van der Waals surface area contributed by atoms with Crippen LogP contribution in [-0.2, 0) is 4.79 Å². The van der Waals surface area contributed by atoms with E-state index in [0.29, 0.717) is 56.9 Å². The highest BCUT2D eigenvalue weighted by Gasteiger charge is 2.41. The van der Waals surface area contributed by atoms with Gasteiger partial charge in [-0.05, 0) is 61.7 Å². The minimum Gasteiger partial charge on any atom is -0.490 e. The second kappa shape index (κ2) is 10.7. The van der Waals surface area contributed by atoms with Gasteiger partial charge in [0.1, 0.15) is 29.6 Å². The molecule has 1 amide bonds. The van der Waals surface area contributed by atoms with Gasteiger partial charge in [0.05, 0.1) is 12.1 Å². The maximum absolute atomic E-state index is 13.6. The highest BCUT2D eigenvalue weighted by Crippen LogP contribution is 2.29. The van der Waals surface area contributed by atoms with Gasteiger partial charge in [0.15, 0.2) is 0 Å². The molecule has 2 aliphatic rings. The summed E-state index contributed by atoms with van der Waals surface area (Å²) < 4.78 is 33.1. The zero-order valence-electron chi connectivity index (χ0n) is 20.9. The van der Waals surface area contributed by atoms with Gasteiger partial charge in [-0.15, -0.1) is 0 Å². The molecule has 0 radical (unpaired) electrons. The number of carbonyl (C=O) groups excluding carboxylic acids is 1. The number of rotatable bonds is 6. The van der Waals surface area contributed by atoms with Gasteiger partial charge in [-0.2, -0.15) is 0 Å². The van der Waals surface area contributed by atoms with Crippen molar-refractivity contribution in [2.24, 2.45) is 0 Å². The number of ether oxygens (including phenoxy) is 1. The van der Waals surface area contributed by atoms with Crippen LogP contribution in [0.5, 0.6) is 5.75 Å². The summed E-state index contributed by atoms with van der Waals surface area (Å²) in [5.41, 5.74) is -1.10. The molecule has 9 heteroatoms. The minimum absolute atomic E-state index is 0.0792. The van der Waals surface area contributed by atoms with Crippen LogP contribution in [0.25, 0.3) is 0 Å². The molecule has 0 aromatic heterocycles. The van der Waals surface area contributed by atoms with Crippen LogP contribution in [0, 0.1) is 18.6 Å². The Balaban J connectivity index is 1.41. The Labute approximate surface area is 210 Å². The summed E-state index contributed by atoms with van der Waals surface area (Å²) >= 11 is 0. The lowest BCUT2D eigenvalue weighted by Crippen LogP contribution is -2.55. The Bertz CT molecular complexity index is 1080. The summed E-state index contributed by atoms with van der Waals surface area (Å²) in [7, 11) is 0. The summed E-state index contributed by atoms with van der Waals surface area (Å²) in [6.07, 6.45) is 1.00. The van der Waals surface area contributed by atoms with Crippen LogP contribution in [-0.4, -0.2) is 89.5 Å². The van der Waals surface area contributed by atoms with E-state index in [9.17, 15) is 23.8 Å². The molecule has 2 fully saturated rings. The summed E-state index contributed by atoms with van der Waals surface area (Å²) in [6, 6.07) is 10.9. The van der Waals surface area contributed by atoms with E-state index in [2.05, 4.69) is 4.90 Å². The molecule has 2 aromatic rings. The van der Waals surface area contributed by atoms with E-state index < -0.39 is 11.2 Å². The molecule has 0 spiro atoms. The van der Waals surface area contributed by atoms with E-state index >= 15 is 0 Å². The standard InChI is InChI=1S/C27H35F2N3O4/c1-20-14-24(6-7-25(20)29)36-19-27(35)17-30(12-13-32(18-27)21(2)33)16-26(34)8-10-31(11-9-26)23-5-3-4-22(28)15-23/h3-7,14-15,34-35H,8-13,16-19H2,1-2H3/t27-/m1/s1. The van der Waals surface area contributed by atoms with Crippen molar-refractivity contribution in [2.75, 3.05) is 57.3 Å². The number of aryl methyl sites for hydroxylation is 1. The Morgan fingerprint density at radius 3 is 2.42 bits per heavy atom. The molecule has 4 rings (SSSR count). The number of hydrogen-bond donors (Lipinski definition) is 2. The van der Waals surface area contributed by atoms with Crippen LogP contribution in [0.2, 0.25) is 0 Å². The highest BCUT2D eigenvalue weighted by atomic mass is 19.1. The number of piperidine rings is 1. The molecular formula is C27H35F2N3O4. The average molecular weight is 504 g/mol. The fourth-order valence-electron chi connectivity index (χ4n) is 5.09. The first-order chi connectivity index (χ1) is 17.0. The van der Waals surface area contributed by atoms with Gasteiger partial charge in [-0.3, -0.25) is 9.69 Å². The number of nitrogens with zero attached hydrogens (tertiary/aromatic N) is 3. The van der Waals surface area contributed by atoms with Crippen molar-refractivity contribution in [3.05, 3.63) is 59.7 Å².